The SMILES string of the molecule is Cc1cc2ncoc2cc1-c1n(-c2c(C(C)C)cccc2C(C)C)c2ccccc2[n+]1C. The third-order valence-corrected chi connectivity index (χ3v) is 6.50. The highest BCUT2D eigenvalue weighted by atomic mass is 16.3. The molecule has 0 saturated carbocycles. The molecule has 2 aromatic heterocycles. The lowest BCUT2D eigenvalue weighted by atomic mass is 9.92. The molecule has 0 unspecified atom stereocenters. The first kappa shape index (κ1) is 20.5. The third-order valence-electron chi connectivity index (χ3n) is 6.50. The van der Waals surface area contributed by atoms with Crippen molar-refractivity contribution in [1.82, 2.24) is 9.55 Å². The molecule has 4 heteroatoms. The number of nitrogens with zero attached hydrogens (tertiary/aromatic N) is 3. The number of hydrogen-bond donors (Lipinski definition) is 0. The van der Waals surface area contributed by atoms with E-state index >= 15 is 0 Å². The van der Waals surface area contributed by atoms with Crippen LogP contribution >= 0.6 is 0 Å². The van der Waals surface area contributed by atoms with Crippen molar-refractivity contribution in [3.63, 3.8) is 0 Å². The maximum atomic E-state index is 5.69. The van der Waals surface area contributed by atoms with Crippen molar-refractivity contribution in [3.05, 3.63) is 77.7 Å². The summed E-state index contributed by atoms with van der Waals surface area (Å²) in [5.41, 5.74) is 10.5. The van der Waals surface area contributed by atoms with Crippen molar-refractivity contribution in [1.29, 1.82) is 0 Å². The van der Waals surface area contributed by atoms with Crippen LogP contribution in [0.1, 0.15) is 56.2 Å². The molecule has 0 bridgehead atoms. The van der Waals surface area contributed by atoms with Crippen LogP contribution < -0.4 is 4.57 Å². The predicted molar refractivity (Wildman–Crippen MR) is 130 cm³/mol. The number of hydrogen-bond acceptors (Lipinski definition) is 2. The molecule has 4 nitrogen and oxygen atoms in total. The molecule has 0 fully saturated rings. The molecule has 0 aliphatic heterocycles. The maximum absolute atomic E-state index is 5.69. The van der Waals surface area contributed by atoms with Gasteiger partial charge in [0.2, 0.25) is 0 Å². The number of rotatable bonds is 4. The average molecular weight is 425 g/mol. The number of para-hydroxylation sites is 3. The second-order valence-electron chi connectivity index (χ2n) is 9.29. The van der Waals surface area contributed by atoms with Crippen molar-refractivity contribution in [2.24, 2.45) is 7.05 Å². The summed E-state index contributed by atoms with van der Waals surface area (Å²) < 4.78 is 10.5. The molecular formula is C28H30N3O+. The molecule has 5 aromatic rings. The largest absolute Gasteiger partial charge is 0.443 e. The molecule has 0 aliphatic carbocycles. The Morgan fingerprint density at radius 2 is 1.59 bits per heavy atom. The highest BCUT2D eigenvalue weighted by molar-refractivity contribution is 5.85. The molecule has 0 saturated heterocycles. The van der Waals surface area contributed by atoms with Gasteiger partial charge in [-0.3, -0.25) is 0 Å². The number of oxazole rings is 1. The van der Waals surface area contributed by atoms with E-state index in [4.69, 9.17) is 4.42 Å². The highest BCUT2D eigenvalue weighted by Crippen LogP contribution is 2.37. The first-order valence-corrected chi connectivity index (χ1v) is 11.3. The Hall–Kier alpha value is -3.40. The fourth-order valence-corrected chi connectivity index (χ4v) is 4.86. The summed E-state index contributed by atoms with van der Waals surface area (Å²) in [4.78, 5) is 4.35. The summed E-state index contributed by atoms with van der Waals surface area (Å²) in [7, 11) is 2.16. The van der Waals surface area contributed by atoms with Gasteiger partial charge in [0.05, 0.1) is 12.6 Å². The second kappa shape index (κ2) is 7.63. The molecule has 0 radical (unpaired) electrons. The fraction of sp³-hybridized carbons (Fsp3) is 0.286. The summed E-state index contributed by atoms with van der Waals surface area (Å²) in [6.45, 7) is 11.3. The van der Waals surface area contributed by atoms with E-state index in [2.05, 4.69) is 110 Å². The summed E-state index contributed by atoms with van der Waals surface area (Å²) >= 11 is 0. The lowest BCUT2D eigenvalue weighted by Gasteiger charge is -2.18. The van der Waals surface area contributed by atoms with Crippen molar-refractivity contribution in [3.8, 4) is 17.1 Å². The van der Waals surface area contributed by atoms with Gasteiger partial charge in [-0.25, -0.2) is 9.55 Å². The van der Waals surface area contributed by atoms with Gasteiger partial charge in [-0.2, -0.15) is 4.57 Å². The van der Waals surface area contributed by atoms with Gasteiger partial charge < -0.3 is 4.42 Å². The topological polar surface area (TPSA) is 34.8 Å². The molecule has 0 amide bonds. The van der Waals surface area contributed by atoms with Crippen molar-refractivity contribution in [2.45, 2.75) is 46.5 Å². The van der Waals surface area contributed by atoms with Gasteiger partial charge in [0, 0.05) is 11.1 Å². The van der Waals surface area contributed by atoms with Crippen LogP contribution in [0, 0.1) is 6.92 Å². The maximum Gasteiger partial charge on any atom is 0.295 e. The van der Waals surface area contributed by atoms with E-state index in [-0.39, 0.29) is 0 Å². The van der Waals surface area contributed by atoms with Gasteiger partial charge in [0.1, 0.15) is 11.2 Å². The number of aryl methyl sites for hydroxylation is 2. The fourth-order valence-electron chi connectivity index (χ4n) is 4.86. The normalized spacial score (nSPS) is 12.0. The van der Waals surface area contributed by atoms with E-state index < -0.39 is 0 Å². The summed E-state index contributed by atoms with van der Waals surface area (Å²) in [5, 5.41) is 0. The van der Waals surface area contributed by atoms with Crippen LogP contribution in [0.2, 0.25) is 0 Å². The average Bonchev–Trinajstić information content (AvgIpc) is 3.34. The lowest BCUT2D eigenvalue weighted by Crippen LogP contribution is -2.30. The van der Waals surface area contributed by atoms with Gasteiger partial charge in [0.15, 0.2) is 23.0 Å². The van der Waals surface area contributed by atoms with Crippen LogP contribution in [0.5, 0.6) is 0 Å². The van der Waals surface area contributed by atoms with Crippen LogP contribution in [-0.4, -0.2) is 9.55 Å². The van der Waals surface area contributed by atoms with Gasteiger partial charge in [-0.1, -0.05) is 58.0 Å². The molecule has 0 N–H and O–H groups in total. The van der Waals surface area contributed by atoms with Crippen LogP contribution in [0.3, 0.4) is 0 Å². The standard InChI is InChI=1S/C28H30N3O/c1-17(2)20-10-9-11-21(18(3)4)27(20)31-25-13-8-7-12-24(25)30(6)28(31)22-15-26-23(14-19(22)5)29-16-32-26/h7-18H,1-6H3/q+1. The minimum absolute atomic E-state index is 0.404. The third kappa shape index (κ3) is 3.05. The molecule has 162 valence electrons. The Labute approximate surface area is 189 Å². The molecule has 0 aliphatic rings. The van der Waals surface area contributed by atoms with Crippen LogP contribution in [0.4, 0.5) is 0 Å². The van der Waals surface area contributed by atoms with Crippen molar-refractivity contribution in [2.75, 3.05) is 0 Å². The molecule has 32 heavy (non-hydrogen) atoms. The monoisotopic (exact) mass is 424 g/mol. The number of imidazole rings is 1. The van der Waals surface area contributed by atoms with E-state index in [1.54, 1.807) is 0 Å². The van der Waals surface area contributed by atoms with E-state index in [0.29, 0.717) is 11.8 Å². The van der Waals surface area contributed by atoms with E-state index in [1.165, 1.54) is 39.8 Å². The zero-order valence-electron chi connectivity index (χ0n) is 19.7. The van der Waals surface area contributed by atoms with Crippen molar-refractivity contribution < 1.29 is 8.98 Å². The van der Waals surface area contributed by atoms with Crippen LogP contribution in [0.25, 0.3) is 39.2 Å². The zero-order chi connectivity index (χ0) is 22.6. The minimum Gasteiger partial charge on any atom is -0.443 e. The predicted octanol–water partition coefficient (Wildman–Crippen LogP) is 6.82. The summed E-state index contributed by atoms with van der Waals surface area (Å²) in [5.74, 6) is 1.96. The molecule has 0 spiro atoms. The first-order chi connectivity index (χ1) is 15.4. The van der Waals surface area contributed by atoms with E-state index in [1.807, 2.05) is 0 Å². The van der Waals surface area contributed by atoms with Crippen LogP contribution in [0.15, 0.2) is 65.4 Å². The molecule has 0 atom stereocenters. The Morgan fingerprint density at radius 3 is 2.28 bits per heavy atom. The second-order valence-corrected chi connectivity index (χ2v) is 9.29. The lowest BCUT2D eigenvalue weighted by molar-refractivity contribution is -0.633. The van der Waals surface area contributed by atoms with Crippen molar-refractivity contribution >= 4 is 22.1 Å². The summed E-state index contributed by atoms with van der Waals surface area (Å²) in [6, 6.07) is 19.7. The van der Waals surface area contributed by atoms with E-state index in [0.717, 1.165) is 22.5 Å². The Kier molecular flexibility index (Phi) is 4.89. The highest BCUT2D eigenvalue weighted by Gasteiger charge is 2.31. The van der Waals surface area contributed by atoms with E-state index in [9.17, 15) is 0 Å². The zero-order valence-corrected chi connectivity index (χ0v) is 19.7. The smallest absolute Gasteiger partial charge is 0.295 e. The Balaban J connectivity index is 1.97. The quantitative estimate of drug-likeness (QED) is 0.297. The minimum atomic E-state index is 0.404. The Morgan fingerprint density at radius 1 is 0.906 bits per heavy atom. The van der Waals surface area contributed by atoms with Gasteiger partial charge in [0.25, 0.3) is 5.82 Å². The number of aromatic nitrogens is 3. The van der Waals surface area contributed by atoms with Crippen LogP contribution in [-0.2, 0) is 7.05 Å². The molecule has 2 heterocycles. The molecular weight excluding hydrogens is 394 g/mol. The van der Waals surface area contributed by atoms with Gasteiger partial charge >= 0.3 is 0 Å². The summed E-state index contributed by atoms with van der Waals surface area (Å²) in [6.07, 6.45) is 1.52. The first-order valence-electron chi connectivity index (χ1n) is 11.3. The molecule has 3 aromatic carbocycles. The molecule has 5 rings (SSSR count). The van der Waals surface area contributed by atoms with Gasteiger partial charge in [-0.05, 0) is 48.6 Å². The number of fused-ring (bicyclic) bond motifs is 2. The number of benzene rings is 3. The van der Waals surface area contributed by atoms with Gasteiger partial charge in [-0.15, -0.1) is 0 Å². The Bertz CT molecular complexity index is 1430.